The fourth-order valence-electron chi connectivity index (χ4n) is 1.45. The molecule has 0 aromatic rings. The van der Waals surface area contributed by atoms with E-state index in [1.807, 2.05) is 0 Å². The van der Waals surface area contributed by atoms with Crippen molar-refractivity contribution in [3.63, 3.8) is 0 Å². The number of halogens is 12. The smallest absolute Gasteiger partial charge is 0.237 e. The molecule has 6 nitrogen and oxygen atoms in total. The van der Waals surface area contributed by atoms with Crippen molar-refractivity contribution in [2.75, 3.05) is 11.5 Å². The van der Waals surface area contributed by atoms with Gasteiger partial charge in [-0.2, -0.15) is 52.0 Å². The second-order valence-corrected chi connectivity index (χ2v) is 8.61. The molecule has 182 valence electrons. The van der Waals surface area contributed by atoms with E-state index in [2.05, 4.69) is 8.37 Å². The van der Waals surface area contributed by atoms with Crippen molar-refractivity contribution in [3.8, 4) is 0 Å². The molecule has 0 bridgehead atoms. The highest BCUT2D eigenvalue weighted by Gasteiger charge is 2.66. The average Bonchev–Trinajstić information content (AvgIpc) is 2.41. The van der Waals surface area contributed by atoms with Crippen LogP contribution in [-0.2, 0) is 28.6 Å². The number of alkyl halides is 12. The predicted octanol–water partition coefficient (Wildman–Crippen LogP) is 3.10. The van der Waals surface area contributed by atoms with Gasteiger partial charge in [0.1, 0.15) is 11.5 Å². The Morgan fingerprint density at radius 3 is 1.07 bits per heavy atom. The SMILES string of the molecule is CC(OS(=O)(=O)CC(F)(F)C(F)(F)C(F)F)OS(=O)(=O)CC(F)(F)C(F)(F)C(F)F. The van der Waals surface area contributed by atoms with Crippen LogP contribution in [0.1, 0.15) is 6.92 Å². The zero-order chi connectivity index (χ0) is 24.6. The summed E-state index contributed by atoms with van der Waals surface area (Å²) in [6, 6.07) is 0. The van der Waals surface area contributed by atoms with Crippen LogP contribution in [0.3, 0.4) is 0 Å². The van der Waals surface area contributed by atoms with Gasteiger partial charge in [0, 0.05) is 0 Å². The van der Waals surface area contributed by atoms with Gasteiger partial charge < -0.3 is 0 Å². The van der Waals surface area contributed by atoms with Gasteiger partial charge >= 0.3 is 36.5 Å². The van der Waals surface area contributed by atoms with E-state index in [1.54, 1.807) is 0 Å². The second kappa shape index (κ2) is 8.85. The monoisotopic (exact) mass is 518 g/mol. The Labute approximate surface area is 160 Å². The van der Waals surface area contributed by atoms with E-state index in [-0.39, 0.29) is 6.92 Å². The van der Waals surface area contributed by atoms with Crippen molar-refractivity contribution >= 4 is 20.2 Å². The maximum Gasteiger partial charge on any atom is 0.370 e. The van der Waals surface area contributed by atoms with Crippen LogP contribution in [0.5, 0.6) is 0 Å². The maximum absolute atomic E-state index is 13.1. The fourth-order valence-corrected chi connectivity index (χ4v) is 3.82. The van der Waals surface area contributed by atoms with E-state index in [0.29, 0.717) is 0 Å². The van der Waals surface area contributed by atoms with Gasteiger partial charge in [-0.25, -0.2) is 25.9 Å². The number of hydrogen-bond donors (Lipinski definition) is 0. The Balaban J connectivity index is 5.34. The zero-order valence-electron chi connectivity index (χ0n) is 13.9. The van der Waals surface area contributed by atoms with Crippen molar-refractivity contribution in [1.82, 2.24) is 0 Å². The van der Waals surface area contributed by atoms with Gasteiger partial charge in [0.2, 0.25) is 0 Å². The molecular weight excluding hydrogens is 508 g/mol. The van der Waals surface area contributed by atoms with Gasteiger partial charge in [-0.05, 0) is 6.92 Å². The summed E-state index contributed by atoms with van der Waals surface area (Å²) < 4.78 is 202. The summed E-state index contributed by atoms with van der Waals surface area (Å²) in [6.45, 7) is 0.141. The summed E-state index contributed by atoms with van der Waals surface area (Å²) in [5.41, 5.74) is 0. The largest absolute Gasteiger partial charge is 0.370 e. The minimum Gasteiger partial charge on any atom is -0.237 e. The predicted molar refractivity (Wildman–Crippen MR) is 71.0 cm³/mol. The van der Waals surface area contributed by atoms with Crippen LogP contribution in [0.2, 0.25) is 0 Å². The molecule has 0 unspecified atom stereocenters. The van der Waals surface area contributed by atoms with Crippen LogP contribution in [0.25, 0.3) is 0 Å². The second-order valence-electron chi connectivity index (χ2n) is 5.42. The number of hydrogen-bond acceptors (Lipinski definition) is 6. The first-order chi connectivity index (χ1) is 12.9. The summed E-state index contributed by atoms with van der Waals surface area (Å²) in [5, 5.41) is 0. The lowest BCUT2D eigenvalue weighted by molar-refractivity contribution is -0.254. The minimum absolute atomic E-state index is 0.141. The van der Waals surface area contributed by atoms with Gasteiger partial charge in [-0.1, -0.05) is 0 Å². The molecule has 0 aliphatic carbocycles. The van der Waals surface area contributed by atoms with Gasteiger partial charge in [0.05, 0.1) is 0 Å². The van der Waals surface area contributed by atoms with E-state index in [1.165, 1.54) is 0 Å². The maximum atomic E-state index is 13.1. The average molecular weight is 518 g/mol. The first-order valence-electron chi connectivity index (χ1n) is 6.80. The Morgan fingerprint density at radius 1 is 0.633 bits per heavy atom. The van der Waals surface area contributed by atoms with Gasteiger partial charge in [-0.15, -0.1) is 0 Å². The molecule has 0 amide bonds. The molecule has 0 aliphatic rings. The zero-order valence-corrected chi connectivity index (χ0v) is 15.6. The first kappa shape index (κ1) is 29.0. The standard InChI is InChI=1S/C10H10F12O6S2/c1-4(27-29(23,24)2-7(15,16)9(19,20)5(11)12)28-30(25,26)3-8(17,18)10(21,22)6(13)14/h4-6H,2-3H2,1H3. The van der Waals surface area contributed by atoms with Gasteiger partial charge in [0.25, 0.3) is 20.2 Å². The van der Waals surface area contributed by atoms with Crippen LogP contribution >= 0.6 is 0 Å². The molecule has 0 heterocycles. The van der Waals surface area contributed by atoms with E-state index >= 15 is 0 Å². The molecule has 0 rings (SSSR count). The van der Waals surface area contributed by atoms with Gasteiger partial charge in [-0.3, -0.25) is 0 Å². The van der Waals surface area contributed by atoms with Crippen molar-refractivity contribution in [3.05, 3.63) is 0 Å². The fraction of sp³-hybridized carbons (Fsp3) is 1.00. The molecule has 0 aromatic carbocycles. The lowest BCUT2D eigenvalue weighted by atomic mass is 10.2. The summed E-state index contributed by atoms with van der Waals surface area (Å²) in [4.78, 5) is 0. The van der Waals surface area contributed by atoms with E-state index < -0.39 is 74.6 Å². The van der Waals surface area contributed by atoms with Crippen LogP contribution in [0.4, 0.5) is 52.7 Å². The van der Waals surface area contributed by atoms with Crippen molar-refractivity contribution in [1.29, 1.82) is 0 Å². The van der Waals surface area contributed by atoms with Crippen LogP contribution < -0.4 is 0 Å². The molecule has 20 heteroatoms. The molecule has 0 saturated heterocycles. The van der Waals surface area contributed by atoms with Crippen molar-refractivity contribution in [2.45, 2.75) is 49.8 Å². The lowest BCUT2D eigenvalue weighted by Gasteiger charge is -2.26. The Morgan fingerprint density at radius 2 is 0.867 bits per heavy atom. The molecule has 0 N–H and O–H groups in total. The third kappa shape index (κ3) is 7.01. The molecule has 0 aliphatic heterocycles. The van der Waals surface area contributed by atoms with Gasteiger partial charge in [0.15, 0.2) is 6.29 Å². The van der Waals surface area contributed by atoms with E-state index in [9.17, 15) is 69.5 Å². The third-order valence-corrected chi connectivity index (χ3v) is 5.36. The lowest BCUT2D eigenvalue weighted by Crippen LogP contribution is -2.51. The van der Waals surface area contributed by atoms with E-state index in [4.69, 9.17) is 0 Å². The highest BCUT2D eigenvalue weighted by atomic mass is 32.2. The molecule has 0 atom stereocenters. The van der Waals surface area contributed by atoms with Crippen LogP contribution in [0, 0.1) is 0 Å². The van der Waals surface area contributed by atoms with Crippen LogP contribution in [0.15, 0.2) is 0 Å². The molecule has 0 radical (unpaired) electrons. The highest BCUT2D eigenvalue weighted by molar-refractivity contribution is 7.87. The molecule has 30 heavy (non-hydrogen) atoms. The molecule has 0 aromatic heterocycles. The topological polar surface area (TPSA) is 86.7 Å². The highest BCUT2D eigenvalue weighted by Crippen LogP contribution is 2.41. The van der Waals surface area contributed by atoms with E-state index in [0.717, 1.165) is 0 Å². The Bertz CT molecular complexity index is 728. The summed E-state index contributed by atoms with van der Waals surface area (Å²) in [5.74, 6) is -30.6. The number of rotatable bonds is 12. The molecule has 0 fully saturated rings. The third-order valence-electron chi connectivity index (χ3n) is 2.80. The van der Waals surface area contributed by atoms with Crippen molar-refractivity contribution in [2.24, 2.45) is 0 Å². The summed E-state index contributed by atoms with van der Waals surface area (Å²) in [6.07, 6.45) is -13.0. The van der Waals surface area contributed by atoms with Crippen molar-refractivity contribution < 1.29 is 77.9 Å². The quantitative estimate of drug-likeness (QED) is 0.224. The first-order valence-corrected chi connectivity index (χ1v) is 9.95. The Kier molecular flexibility index (Phi) is 8.55. The Hall–Kier alpha value is -1.02. The molecule has 0 saturated carbocycles. The minimum atomic E-state index is -6.19. The molecule has 0 spiro atoms. The summed E-state index contributed by atoms with van der Waals surface area (Å²) >= 11 is 0. The van der Waals surface area contributed by atoms with Crippen LogP contribution in [-0.4, -0.2) is 71.2 Å². The summed E-state index contributed by atoms with van der Waals surface area (Å²) in [7, 11) is -12.0. The molecular formula is C10H10F12O6S2. The normalized spacial score (nSPS) is 15.5.